The highest BCUT2D eigenvalue weighted by Gasteiger charge is 2.34. The van der Waals surface area contributed by atoms with Crippen molar-refractivity contribution in [3.8, 4) is 16.9 Å². The Balaban J connectivity index is 1.30. The minimum absolute atomic E-state index is 0.403. The Morgan fingerprint density at radius 1 is 1.05 bits per heavy atom. The first-order chi connectivity index (χ1) is 20.7. The zero-order valence-corrected chi connectivity index (χ0v) is 24.1. The summed E-state index contributed by atoms with van der Waals surface area (Å²) in [4.78, 5) is 12.9. The molecule has 0 atom stereocenters. The van der Waals surface area contributed by atoms with E-state index in [0.717, 1.165) is 82.0 Å². The number of fused-ring (bicyclic) bond motifs is 3. The van der Waals surface area contributed by atoms with Gasteiger partial charge in [-0.2, -0.15) is 5.10 Å². The highest BCUT2D eigenvalue weighted by molar-refractivity contribution is 6.04. The summed E-state index contributed by atoms with van der Waals surface area (Å²) in [7, 11) is 0. The van der Waals surface area contributed by atoms with Crippen LogP contribution in [0.1, 0.15) is 72.4 Å². The van der Waals surface area contributed by atoms with Crippen molar-refractivity contribution in [1.82, 2.24) is 14.3 Å². The zero-order chi connectivity index (χ0) is 28.6. The average Bonchev–Trinajstić information content (AvgIpc) is 3.71. The van der Waals surface area contributed by atoms with E-state index in [0.29, 0.717) is 50.8 Å². The lowest BCUT2D eigenvalue weighted by Crippen LogP contribution is -2.12. The maximum Gasteiger partial charge on any atom is 0.352 e. The molecule has 42 heavy (non-hydrogen) atoms. The third-order valence-electron chi connectivity index (χ3n) is 8.72. The predicted molar refractivity (Wildman–Crippen MR) is 164 cm³/mol. The summed E-state index contributed by atoms with van der Waals surface area (Å²) in [5.41, 5.74) is 6.77. The largest absolute Gasteiger partial charge is 0.493 e. The molecule has 7 heteroatoms. The van der Waals surface area contributed by atoms with E-state index in [1.54, 1.807) is 0 Å². The van der Waals surface area contributed by atoms with E-state index in [2.05, 4.69) is 52.6 Å². The molecule has 7 rings (SSSR count). The lowest BCUT2D eigenvalue weighted by Gasteiger charge is -2.13. The van der Waals surface area contributed by atoms with Crippen LogP contribution in [0.25, 0.3) is 32.8 Å². The average molecular weight is 564 g/mol. The van der Waals surface area contributed by atoms with Gasteiger partial charge in [0.2, 0.25) is 0 Å². The van der Waals surface area contributed by atoms with Crippen LogP contribution in [-0.2, 0) is 30.9 Å². The first-order valence-electron chi connectivity index (χ1n) is 15.3. The van der Waals surface area contributed by atoms with Crippen molar-refractivity contribution in [2.24, 2.45) is 0 Å². The first-order valence-corrected chi connectivity index (χ1v) is 15.3. The van der Waals surface area contributed by atoms with Crippen LogP contribution in [0.5, 0.6) is 5.75 Å². The summed E-state index contributed by atoms with van der Waals surface area (Å²) < 4.78 is 16.6. The Morgan fingerprint density at radius 3 is 2.69 bits per heavy atom. The van der Waals surface area contributed by atoms with Crippen LogP contribution in [0.2, 0.25) is 0 Å². The normalized spacial score (nSPS) is 15.5. The van der Waals surface area contributed by atoms with Gasteiger partial charge in [-0.05, 0) is 62.5 Å². The molecule has 0 spiro atoms. The molecule has 1 aliphatic heterocycles. The van der Waals surface area contributed by atoms with Gasteiger partial charge in [-0.15, -0.1) is 0 Å². The van der Waals surface area contributed by atoms with Crippen LogP contribution in [0.15, 0.2) is 60.7 Å². The third kappa shape index (κ3) is 4.75. The van der Waals surface area contributed by atoms with Gasteiger partial charge in [0.15, 0.2) is 0 Å². The van der Waals surface area contributed by atoms with Crippen LogP contribution in [0.3, 0.4) is 0 Å². The molecule has 1 fully saturated rings. The van der Waals surface area contributed by atoms with Gasteiger partial charge in [-0.1, -0.05) is 54.6 Å². The molecule has 7 nitrogen and oxygen atoms in total. The van der Waals surface area contributed by atoms with Crippen LogP contribution in [-0.4, -0.2) is 38.6 Å². The molecule has 2 aromatic heterocycles. The summed E-state index contributed by atoms with van der Waals surface area (Å²) in [6.45, 7) is 5.21. The van der Waals surface area contributed by atoms with E-state index in [4.69, 9.17) is 14.6 Å². The third-order valence-corrected chi connectivity index (χ3v) is 8.72. The molecule has 5 aromatic rings. The van der Waals surface area contributed by atoms with Crippen LogP contribution < -0.4 is 4.74 Å². The fourth-order valence-electron chi connectivity index (χ4n) is 6.73. The Hall–Kier alpha value is -4.10. The Kier molecular flexibility index (Phi) is 7.20. The summed E-state index contributed by atoms with van der Waals surface area (Å²) in [5, 5.41) is 18.9. The predicted octanol–water partition coefficient (Wildman–Crippen LogP) is 7.58. The van der Waals surface area contributed by atoms with Crippen molar-refractivity contribution in [1.29, 1.82) is 0 Å². The van der Waals surface area contributed by atoms with Gasteiger partial charge in [0.25, 0.3) is 0 Å². The van der Waals surface area contributed by atoms with E-state index in [-0.39, 0.29) is 0 Å². The van der Waals surface area contributed by atoms with Gasteiger partial charge in [-0.3, -0.25) is 4.68 Å². The number of aromatic nitrogens is 3. The molecule has 0 radical (unpaired) electrons. The SMILES string of the molecule is CCn1nc2c(c1C1CC1)-c1cccc3c(CCCOc4cccc5ccccc45)c(C(=O)O)n(c13)CCCCOC2. The molecule has 1 saturated carbocycles. The molecule has 0 unspecified atom stereocenters. The van der Waals surface area contributed by atoms with Crippen molar-refractivity contribution in [3.05, 3.63) is 83.3 Å². The fraction of sp³-hybridized carbons (Fsp3) is 0.371. The second kappa shape index (κ2) is 11.3. The molecule has 3 heterocycles. The molecule has 0 saturated heterocycles. The van der Waals surface area contributed by atoms with E-state index in [1.807, 2.05) is 24.3 Å². The number of carbonyl (C=O) groups is 1. The number of nitrogens with zero attached hydrogens (tertiary/aromatic N) is 3. The zero-order valence-electron chi connectivity index (χ0n) is 24.1. The van der Waals surface area contributed by atoms with E-state index in [9.17, 15) is 9.90 Å². The van der Waals surface area contributed by atoms with Crippen LogP contribution >= 0.6 is 0 Å². The van der Waals surface area contributed by atoms with Gasteiger partial charge >= 0.3 is 5.97 Å². The van der Waals surface area contributed by atoms with Gasteiger partial charge in [-0.25, -0.2) is 4.79 Å². The first kappa shape index (κ1) is 26.8. The lowest BCUT2D eigenvalue weighted by atomic mass is 9.96. The van der Waals surface area contributed by atoms with E-state index in [1.165, 1.54) is 5.69 Å². The quantitative estimate of drug-likeness (QED) is 0.197. The molecule has 0 amide bonds. The molecule has 0 bridgehead atoms. The molecular weight excluding hydrogens is 526 g/mol. The number of hydrogen-bond acceptors (Lipinski definition) is 4. The number of carboxylic acid groups (broad SMARTS) is 1. The molecule has 1 aliphatic carbocycles. The number of benzene rings is 3. The topological polar surface area (TPSA) is 78.5 Å². The highest BCUT2D eigenvalue weighted by atomic mass is 16.5. The summed E-state index contributed by atoms with van der Waals surface area (Å²) in [6.07, 6.45) is 5.39. The number of rotatable bonds is 8. The number of carboxylic acids is 1. The molecule has 2 aliphatic rings. The molecule has 216 valence electrons. The second-order valence-electron chi connectivity index (χ2n) is 11.5. The van der Waals surface area contributed by atoms with E-state index < -0.39 is 5.97 Å². The van der Waals surface area contributed by atoms with Crippen molar-refractivity contribution >= 4 is 27.6 Å². The number of hydrogen-bond donors (Lipinski definition) is 1. The molecule has 3 aromatic carbocycles. The van der Waals surface area contributed by atoms with Gasteiger partial charge < -0.3 is 19.1 Å². The van der Waals surface area contributed by atoms with Crippen molar-refractivity contribution in [2.45, 2.75) is 71.1 Å². The van der Waals surface area contributed by atoms with Gasteiger partial charge in [0.05, 0.1) is 24.4 Å². The van der Waals surface area contributed by atoms with Crippen LogP contribution in [0.4, 0.5) is 0 Å². The van der Waals surface area contributed by atoms with Crippen LogP contribution in [0, 0.1) is 0 Å². The second-order valence-corrected chi connectivity index (χ2v) is 11.5. The number of aromatic carboxylic acids is 1. The van der Waals surface area contributed by atoms with E-state index >= 15 is 0 Å². The summed E-state index contributed by atoms with van der Waals surface area (Å²) in [6, 6.07) is 20.6. The number of ether oxygens (including phenoxy) is 2. The molecular formula is C35H37N3O4. The maximum atomic E-state index is 12.9. The minimum atomic E-state index is -0.875. The minimum Gasteiger partial charge on any atom is -0.493 e. The highest BCUT2D eigenvalue weighted by Crippen LogP contribution is 2.48. The number of para-hydroxylation sites is 1. The maximum absolute atomic E-state index is 12.9. The van der Waals surface area contributed by atoms with Crippen molar-refractivity contribution in [3.63, 3.8) is 0 Å². The molecule has 1 N–H and O–H groups in total. The van der Waals surface area contributed by atoms with Crippen molar-refractivity contribution < 1.29 is 19.4 Å². The Labute approximate surface area is 245 Å². The van der Waals surface area contributed by atoms with Gasteiger partial charge in [0.1, 0.15) is 11.4 Å². The standard InChI is InChI=1S/C35H37N3O4/c1-2-38-32(24-17-18-24)31-28-14-8-13-26-27(15-9-21-42-30-16-7-11-23-10-3-4-12-25(23)30)34(35(39)40)37(33(26)28)19-5-6-20-41-22-29(31)36-38/h3-4,7-8,10-14,16,24H,2,5-6,9,15,17-22H2,1H3,(H,39,40). The smallest absolute Gasteiger partial charge is 0.352 e. The van der Waals surface area contributed by atoms with Gasteiger partial charge in [0, 0.05) is 53.2 Å². The summed E-state index contributed by atoms with van der Waals surface area (Å²) >= 11 is 0. The number of aryl methyl sites for hydroxylation is 3. The fourth-order valence-corrected chi connectivity index (χ4v) is 6.73. The Morgan fingerprint density at radius 2 is 1.86 bits per heavy atom. The Bertz CT molecular complexity index is 1770. The summed E-state index contributed by atoms with van der Waals surface area (Å²) in [5.74, 6) is 0.482. The van der Waals surface area contributed by atoms with Crippen molar-refractivity contribution in [2.75, 3.05) is 13.2 Å². The lowest BCUT2D eigenvalue weighted by molar-refractivity contribution is 0.0683. The monoisotopic (exact) mass is 563 g/mol.